The molecule has 0 spiro atoms. The Hall–Kier alpha value is -2.81. The van der Waals surface area contributed by atoms with E-state index in [1.54, 1.807) is 6.92 Å². The van der Waals surface area contributed by atoms with E-state index in [1.165, 1.54) is 19.2 Å². The molecule has 2 rings (SSSR count). The number of amides is 2. The summed E-state index contributed by atoms with van der Waals surface area (Å²) in [7, 11) is 1.33. The fourth-order valence-electron chi connectivity index (χ4n) is 1.65. The number of benzene rings is 1. The van der Waals surface area contributed by atoms with Crippen molar-refractivity contribution in [3.63, 3.8) is 0 Å². The van der Waals surface area contributed by atoms with Crippen LogP contribution in [-0.4, -0.2) is 23.2 Å². The molecule has 0 aliphatic carbocycles. The Morgan fingerprint density at radius 2 is 2.14 bits per heavy atom. The number of hydrogen-bond donors (Lipinski definition) is 2. The van der Waals surface area contributed by atoms with Gasteiger partial charge in [0.15, 0.2) is 5.82 Å². The van der Waals surface area contributed by atoms with Gasteiger partial charge in [-0.3, -0.25) is 15.4 Å². The standard InChI is InChI=1S/C12H11ClN4O5/c1-6-3-11(16-22-6)15-12(18)14-8-4-7(13)10(21-2)5-9(8)17(19)20/h3-5H,1-2H3,(H2,14,15,16,18). The molecule has 2 N–H and O–H groups in total. The molecule has 0 saturated heterocycles. The van der Waals surface area contributed by atoms with Crippen molar-refractivity contribution in [3.05, 3.63) is 39.1 Å². The molecule has 1 heterocycles. The summed E-state index contributed by atoms with van der Waals surface area (Å²) in [6, 6.07) is 3.12. The zero-order valence-electron chi connectivity index (χ0n) is 11.5. The lowest BCUT2D eigenvalue weighted by atomic mass is 10.2. The van der Waals surface area contributed by atoms with Crippen LogP contribution in [0, 0.1) is 17.0 Å². The second-order valence-corrected chi connectivity index (χ2v) is 4.57. The summed E-state index contributed by atoms with van der Waals surface area (Å²) in [6.07, 6.45) is 0. The zero-order chi connectivity index (χ0) is 16.3. The van der Waals surface area contributed by atoms with Crippen molar-refractivity contribution in [3.8, 4) is 5.75 Å². The van der Waals surface area contributed by atoms with Crippen LogP contribution in [0.1, 0.15) is 5.76 Å². The van der Waals surface area contributed by atoms with Crippen LogP contribution >= 0.6 is 11.6 Å². The normalized spacial score (nSPS) is 10.1. The SMILES string of the molecule is COc1cc([N+](=O)[O-])c(NC(=O)Nc2cc(C)on2)cc1Cl. The summed E-state index contributed by atoms with van der Waals surface area (Å²) in [5.74, 6) is 0.817. The van der Waals surface area contributed by atoms with Gasteiger partial charge < -0.3 is 14.6 Å². The molecule has 0 bridgehead atoms. The predicted octanol–water partition coefficient (Wildman–Crippen LogP) is 3.20. The molecule has 116 valence electrons. The third-order valence-corrected chi connectivity index (χ3v) is 2.88. The molecule has 22 heavy (non-hydrogen) atoms. The summed E-state index contributed by atoms with van der Waals surface area (Å²) in [6.45, 7) is 1.66. The Morgan fingerprint density at radius 3 is 2.68 bits per heavy atom. The number of aryl methyl sites for hydroxylation is 1. The largest absolute Gasteiger partial charge is 0.495 e. The second-order valence-electron chi connectivity index (χ2n) is 4.16. The molecule has 10 heteroatoms. The fraction of sp³-hybridized carbons (Fsp3) is 0.167. The number of ether oxygens (including phenoxy) is 1. The molecule has 0 atom stereocenters. The molecule has 2 amide bonds. The van der Waals surface area contributed by atoms with Gasteiger partial charge in [0.2, 0.25) is 0 Å². The molecular weight excluding hydrogens is 316 g/mol. The van der Waals surface area contributed by atoms with Crippen molar-refractivity contribution in [2.75, 3.05) is 17.7 Å². The van der Waals surface area contributed by atoms with Crippen LogP contribution in [0.2, 0.25) is 5.02 Å². The third-order valence-electron chi connectivity index (χ3n) is 2.58. The van der Waals surface area contributed by atoms with Crippen LogP contribution in [0.4, 0.5) is 22.0 Å². The van der Waals surface area contributed by atoms with Crippen LogP contribution in [0.25, 0.3) is 0 Å². The zero-order valence-corrected chi connectivity index (χ0v) is 12.3. The van der Waals surface area contributed by atoms with Crippen molar-refractivity contribution in [1.29, 1.82) is 0 Å². The topological polar surface area (TPSA) is 120 Å². The number of urea groups is 1. The van der Waals surface area contributed by atoms with Gasteiger partial charge >= 0.3 is 6.03 Å². The van der Waals surface area contributed by atoms with Gasteiger partial charge in [0.05, 0.1) is 23.1 Å². The van der Waals surface area contributed by atoms with E-state index in [1.807, 2.05) is 0 Å². The quantitative estimate of drug-likeness (QED) is 0.657. The van der Waals surface area contributed by atoms with Gasteiger partial charge in [-0.25, -0.2) is 4.79 Å². The number of carbonyl (C=O) groups is 1. The first-order chi connectivity index (χ1) is 10.4. The van der Waals surface area contributed by atoms with Crippen molar-refractivity contribution < 1.29 is 19.0 Å². The van der Waals surface area contributed by atoms with Gasteiger partial charge in [0, 0.05) is 6.07 Å². The van der Waals surface area contributed by atoms with Gasteiger partial charge in [0.1, 0.15) is 17.2 Å². The Morgan fingerprint density at radius 1 is 1.41 bits per heavy atom. The average Bonchev–Trinajstić information content (AvgIpc) is 2.83. The van der Waals surface area contributed by atoms with Crippen LogP contribution < -0.4 is 15.4 Å². The number of rotatable bonds is 4. The molecule has 0 saturated carbocycles. The summed E-state index contributed by atoms with van der Waals surface area (Å²) < 4.78 is 9.70. The van der Waals surface area contributed by atoms with Gasteiger partial charge in [-0.15, -0.1) is 0 Å². The molecule has 1 aromatic heterocycles. The number of nitrogens with one attached hydrogen (secondary N) is 2. The average molecular weight is 327 g/mol. The highest BCUT2D eigenvalue weighted by atomic mass is 35.5. The molecule has 0 aliphatic rings. The molecule has 0 radical (unpaired) electrons. The lowest BCUT2D eigenvalue weighted by Gasteiger charge is -2.09. The summed E-state index contributed by atoms with van der Waals surface area (Å²) >= 11 is 5.91. The van der Waals surface area contributed by atoms with E-state index in [9.17, 15) is 14.9 Å². The lowest BCUT2D eigenvalue weighted by Crippen LogP contribution is -2.20. The Kier molecular flexibility index (Phi) is 4.47. The van der Waals surface area contributed by atoms with Crippen molar-refractivity contribution >= 4 is 34.8 Å². The Balaban J connectivity index is 2.22. The van der Waals surface area contributed by atoms with Crippen molar-refractivity contribution in [2.45, 2.75) is 6.92 Å². The Labute approximate surface area is 129 Å². The monoisotopic (exact) mass is 326 g/mol. The number of methoxy groups -OCH3 is 1. The maximum atomic E-state index is 11.8. The highest BCUT2D eigenvalue weighted by molar-refractivity contribution is 6.32. The van der Waals surface area contributed by atoms with Crippen LogP contribution in [0.15, 0.2) is 22.7 Å². The summed E-state index contributed by atoms with van der Waals surface area (Å²) in [5, 5.41) is 19.5. The Bertz CT molecular complexity index is 730. The fourth-order valence-corrected chi connectivity index (χ4v) is 1.89. The van der Waals surface area contributed by atoms with E-state index < -0.39 is 11.0 Å². The number of anilines is 2. The van der Waals surface area contributed by atoms with E-state index in [2.05, 4.69) is 15.8 Å². The number of aromatic nitrogens is 1. The molecule has 1 aromatic carbocycles. The molecule has 0 unspecified atom stereocenters. The molecule has 0 fully saturated rings. The number of nitrogens with zero attached hydrogens (tertiary/aromatic N) is 2. The van der Waals surface area contributed by atoms with E-state index in [-0.39, 0.29) is 28.0 Å². The lowest BCUT2D eigenvalue weighted by molar-refractivity contribution is -0.384. The van der Waals surface area contributed by atoms with E-state index >= 15 is 0 Å². The van der Waals surface area contributed by atoms with E-state index in [4.69, 9.17) is 20.9 Å². The number of nitro groups is 1. The first-order valence-electron chi connectivity index (χ1n) is 5.94. The van der Waals surface area contributed by atoms with Crippen molar-refractivity contribution in [2.24, 2.45) is 0 Å². The maximum Gasteiger partial charge on any atom is 0.325 e. The maximum absolute atomic E-state index is 11.8. The number of hydrogen-bond acceptors (Lipinski definition) is 6. The van der Waals surface area contributed by atoms with Gasteiger partial charge in [-0.05, 0) is 13.0 Å². The minimum absolute atomic E-state index is 0.0754. The molecule has 2 aromatic rings. The van der Waals surface area contributed by atoms with Crippen LogP contribution in [0.5, 0.6) is 5.75 Å². The third kappa shape index (κ3) is 3.44. The molecule has 0 aliphatic heterocycles. The predicted molar refractivity (Wildman–Crippen MR) is 78.5 cm³/mol. The smallest absolute Gasteiger partial charge is 0.325 e. The first-order valence-corrected chi connectivity index (χ1v) is 6.31. The van der Waals surface area contributed by atoms with E-state index in [0.29, 0.717) is 5.76 Å². The highest BCUT2D eigenvalue weighted by Gasteiger charge is 2.20. The van der Waals surface area contributed by atoms with E-state index in [0.717, 1.165) is 6.07 Å². The van der Waals surface area contributed by atoms with Crippen LogP contribution in [-0.2, 0) is 0 Å². The molecular formula is C12H11ClN4O5. The van der Waals surface area contributed by atoms with Gasteiger partial charge in [-0.2, -0.15) is 0 Å². The minimum atomic E-state index is -0.724. The summed E-state index contributed by atoms with van der Waals surface area (Å²) in [4.78, 5) is 22.2. The van der Waals surface area contributed by atoms with Gasteiger partial charge in [0.25, 0.3) is 5.69 Å². The summed E-state index contributed by atoms with van der Waals surface area (Å²) in [5.41, 5.74) is -0.429. The van der Waals surface area contributed by atoms with Crippen LogP contribution in [0.3, 0.4) is 0 Å². The molecule has 9 nitrogen and oxygen atoms in total. The second kappa shape index (κ2) is 6.31. The number of halogens is 1. The first kappa shape index (κ1) is 15.6. The van der Waals surface area contributed by atoms with Crippen molar-refractivity contribution in [1.82, 2.24) is 5.16 Å². The van der Waals surface area contributed by atoms with Gasteiger partial charge in [-0.1, -0.05) is 16.8 Å². The number of carbonyl (C=O) groups excluding carboxylic acids is 1. The minimum Gasteiger partial charge on any atom is -0.495 e. The number of nitro benzene ring substituents is 1. The highest BCUT2D eigenvalue weighted by Crippen LogP contribution is 2.35.